The minimum atomic E-state index is 0.479. The first-order valence-electron chi connectivity index (χ1n) is 4.58. The van der Waals surface area contributed by atoms with Crippen LogP contribution in [0.15, 0.2) is 23.0 Å². The van der Waals surface area contributed by atoms with E-state index in [1.165, 1.54) is 5.56 Å². The molecular weight excluding hydrogens is 196 g/mol. The number of hydrogen-bond acceptors (Lipinski definition) is 4. The monoisotopic (exact) mass is 206 g/mol. The SMILES string of the molecule is c1cc(-c2cnnn2C2CNC2)cs1. The molecule has 1 saturated heterocycles. The van der Waals surface area contributed by atoms with E-state index in [-0.39, 0.29) is 0 Å². The van der Waals surface area contributed by atoms with Crippen molar-refractivity contribution in [2.24, 2.45) is 0 Å². The Bertz CT molecular complexity index is 416. The summed E-state index contributed by atoms with van der Waals surface area (Å²) in [5.41, 5.74) is 2.34. The lowest BCUT2D eigenvalue weighted by Crippen LogP contribution is -2.44. The van der Waals surface area contributed by atoms with Crippen molar-refractivity contribution in [3.8, 4) is 11.3 Å². The van der Waals surface area contributed by atoms with E-state index in [1.54, 1.807) is 11.3 Å². The largest absolute Gasteiger partial charge is 0.312 e. The van der Waals surface area contributed by atoms with Crippen molar-refractivity contribution in [1.29, 1.82) is 0 Å². The standard InChI is InChI=1S/C9H10N4S/c1-2-14-6-7(1)9-5-11-12-13(9)8-3-10-4-8/h1-2,5-6,8,10H,3-4H2. The Morgan fingerprint density at radius 2 is 2.43 bits per heavy atom. The minimum absolute atomic E-state index is 0.479. The van der Waals surface area contributed by atoms with E-state index < -0.39 is 0 Å². The molecule has 0 bridgehead atoms. The highest BCUT2D eigenvalue weighted by Gasteiger charge is 2.22. The van der Waals surface area contributed by atoms with Gasteiger partial charge in [0.25, 0.3) is 0 Å². The molecule has 1 fully saturated rings. The van der Waals surface area contributed by atoms with Crippen molar-refractivity contribution in [1.82, 2.24) is 20.3 Å². The Labute approximate surface area is 85.6 Å². The molecule has 0 aliphatic carbocycles. The lowest BCUT2D eigenvalue weighted by molar-refractivity contribution is 0.315. The van der Waals surface area contributed by atoms with Crippen molar-refractivity contribution in [3.05, 3.63) is 23.0 Å². The molecule has 3 rings (SSSR count). The zero-order chi connectivity index (χ0) is 9.38. The van der Waals surface area contributed by atoms with Crippen LogP contribution in [0.25, 0.3) is 11.3 Å². The average Bonchev–Trinajstić information content (AvgIpc) is 2.66. The molecule has 3 heterocycles. The van der Waals surface area contributed by atoms with Gasteiger partial charge in [0.15, 0.2) is 0 Å². The minimum Gasteiger partial charge on any atom is -0.312 e. The van der Waals surface area contributed by atoms with Crippen LogP contribution in [0.3, 0.4) is 0 Å². The molecule has 0 amide bonds. The highest BCUT2D eigenvalue weighted by molar-refractivity contribution is 7.08. The van der Waals surface area contributed by atoms with E-state index in [1.807, 2.05) is 10.9 Å². The Kier molecular flexibility index (Phi) is 1.85. The average molecular weight is 206 g/mol. The van der Waals surface area contributed by atoms with Gasteiger partial charge in [0, 0.05) is 24.0 Å². The molecule has 72 valence electrons. The predicted molar refractivity (Wildman–Crippen MR) is 55.2 cm³/mol. The molecule has 14 heavy (non-hydrogen) atoms. The maximum atomic E-state index is 4.13. The molecule has 0 unspecified atom stereocenters. The van der Waals surface area contributed by atoms with Crippen LogP contribution in [0.2, 0.25) is 0 Å². The molecule has 1 N–H and O–H groups in total. The van der Waals surface area contributed by atoms with Gasteiger partial charge < -0.3 is 5.32 Å². The molecule has 2 aromatic rings. The van der Waals surface area contributed by atoms with E-state index in [2.05, 4.69) is 32.5 Å². The molecule has 2 aromatic heterocycles. The fraction of sp³-hybridized carbons (Fsp3) is 0.333. The molecule has 1 aliphatic heterocycles. The molecular formula is C9H10N4S. The zero-order valence-electron chi connectivity index (χ0n) is 7.55. The van der Waals surface area contributed by atoms with Crippen LogP contribution in [0.5, 0.6) is 0 Å². The van der Waals surface area contributed by atoms with E-state index in [9.17, 15) is 0 Å². The van der Waals surface area contributed by atoms with Crippen molar-refractivity contribution in [3.63, 3.8) is 0 Å². The van der Waals surface area contributed by atoms with Gasteiger partial charge in [-0.1, -0.05) is 5.21 Å². The van der Waals surface area contributed by atoms with Gasteiger partial charge in [0.2, 0.25) is 0 Å². The summed E-state index contributed by atoms with van der Waals surface area (Å²) in [5, 5.41) is 15.5. The summed E-state index contributed by atoms with van der Waals surface area (Å²) in [7, 11) is 0. The molecule has 4 nitrogen and oxygen atoms in total. The number of rotatable bonds is 2. The summed E-state index contributed by atoms with van der Waals surface area (Å²) in [6.45, 7) is 2.00. The summed E-state index contributed by atoms with van der Waals surface area (Å²) >= 11 is 1.70. The van der Waals surface area contributed by atoms with Gasteiger partial charge in [0.1, 0.15) is 0 Å². The number of nitrogens with zero attached hydrogens (tertiary/aromatic N) is 3. The van der Waals surface area contributed by atoms with Crippen LogP contribution < -0.4 is 5.32 Å². The van der Waals surface area contributed by atoms with Crippen molar-refractivity contribution in [2.45, 2.75) is 6.04 Å². The molecule has 1 aliphatic rings. The van der Waals surface area contributed by atoms with Gasteiger partial charge in [0.05, 0.1) is 17.9 Å². The molecule has 0 saturated carbocycles. The van der Waals surface area contributed by atoms with Crippen LogP contribution in [-0.2, 0) is 0 Å². The number of hydrogen-bond donors (Lipinski definition) is 1. The van der Waals surface area contributed by atoms with E-state index in [4.69, 9.17) is 0 Å². The van der Waals surface area contributed by atoms with E-state index in [0.29, 0.717) is 6.04 Å². The highest BCUT2D eigenvalue weighted by atomic mass is 32.1. The zero-order valence-corrected chi connectivity index (χ0v) is 8.37. The molecule has 0 spiro atoms. The van der Waals surface area contributed by atoms with Crippen molar-refractivity contribution >= 4 is 11.3 Å². The second kappa shape index (κ2) is 3.18. The van der Waals surface area contributed by atoms with Crippen LogP contribution in [-0.4, -0.2) is 28.1 Å². The Morgan fingerprint density at radius 3 is 3.07 bits per heavy atom. The van der Waals surface area contributed by atoms with Crippen molar-refractivity contribution < 1.29 is 0 Å². The maximum absolute atomic E-state index is 4.13. The second-order valence-corrected chi connectivity index (χ2v) is 4.17. The normalized spacial score (nSPS) is 16.9. The second-order valence-electron chi connectivity index (χ2n) is 3.39. The summed E-state index contributed by atoms with van der Waals surface area (Å²) < 4.78 is 2.01. The Hall–Kier alpha value is -1.20. The number of aromatic nitrogens is 3. The van der Waals surface area contributed by atoms with Crippen LogP contribution in [0, 0.1) is 0 Å². The molecule has 0 atom stereocenters. The van der Waals surface area contributed by atoms with Gasteiger partial charge >= 0.3 is 0 Å². The first-order chi connectivity index (χ1) is 6.95. The fourth-order valence-corrected chi connectivity index (χ4v) is 2.23. The molecule has 0 radical (unpaired) electrons. The summed E-state index contributed by atoms with van der Waals surface area (Å²) in [6, 6.07) is 2.58. The van der Waals surface area contributed by atoms with Crippen molar-refractivity contribution in [2.75, 3.05) is 13.1 Å². The maximum Gasteiger partial charge on any atom is 0.0898 e. The summed E-state index contributed by atoms with van der Waals surface area (Å²) in [6.07, 6.45) is 1.83. The predicted octanol–water partition coefficient (Wildman–Crippen LogP) is 1.15. The van der Waals surface area contributed by atoms with Gasteiger partial charge in [-0.15, -0.1) is 5.10 Å². The third-order valence-corrected chi connectivity index (χ3v) is 3.18. The number of nitrogens with one attached hydrogen (secondary N) is 1. The lowest BCUT2D eigenvalue weighted by Gasteiger charge is -2.27. The highest BCUT2D eigenvalue weighted by Crippen LogP contribution is 2.24. The van der Waals surface area contributed by atoms with Gasteiger partial charge in [-0.2, -0.15) is 11.3 Å². The van der Waals surface area contributed by atoms with Crippen LogP contribution in [0.4, 0.5) is 0 Å². The molecule has 0 aromatic carbocycles. The lowest BCUT2D eigenvalue weighted by atomic mass is 10.1. The molecule has 5 heteroatoms. The van der Waals surface area contributed by atoms with Gasteiger partial charge in [-0.25, -0.2) is 4.68 Å². The van der Waals surface area contributed by atoms with E-state index in [0.717, 1.165) is 18.8 Å². The number of thiophene rings is 1. The third kappa shape index (κ3) is 1.17. The van der Waals surface area contributed by atoms with Crippen LogP contribution in [0.1, 0.15) is 6.04 Å². The Morgan fingerprint density at radius 1 is 1.50 bits per heavy atom. The van der Waals surface area contributed by atoms with Gasteiger partial charge in [-0.05, 0) is 11.4 Å². The smallest absolute Gasteiger partial charge is 0.0898 e. The summed E-state index contributed by atoms with van der Waals surface area (Å²) in [5.74, 6) is 0. The third-order valence-electron chi connectivity index (χ3n) is 2.50. The van der Waals surface area contributed by atoms with Crippen LogP contribution >= 0.6 is 11.3 Å². The summed E-state index contributed by atoms with van der Waals surface area (Å²) in [4.78, 5) is 0. The van der Waals surface area contributed by atoms with Gasteiger partial charge in [-0.3, -0.25) is 0 Å². The Balaban J connectivity index is 2.01. The quantitative estimate of drug-likeness (QED) is 0.801. The fourth-order valence-electron chi connectivity index (χ4n) is 1.58. The first kappa shape index (κ1) is 8.14. The van der Waals surface area contributed by atoms with E-state index >= 15 is 0 Å². The first-order valence-corrected chi connectivity index (χ1v) is 5.53. The topological polar surface area (TPSA) is 42.7 Å².